The lowest BCUT2D eigenvalue weighted by atomic mass is 10.1. The summed E-state index contributed by atoms with van der Waals surface area (Å²) >= 11 is 0. The Bertz CT molecular complexity index is 547. The van der Waals surface area contributed by atoms with Crippen molar-refractivity contribution in [1.82, 2.24) is 15.1 Å². The Labute approximate surface area is 165 Å². The maximum Gasteiger partial charge on any atom is 0.254 e. The number of hydrogen-bond acceptors (Lipinski definition) is 4. The smallest absolute Gasteiger partial charge is 0.254 e. The molecule has 1 aromatic rings. The molecule has 152 valence electrons. The highest BCUT2D eigenvalue weighted by atomic mass is 16.5. The molecule has 1 saturated heterocycles. The summed E-state index contributed by atoms with van der Waals surface area (Å²) in [4.78, 5) is 17.5. The van der Waals surface area contributed by atoms with Crippen LogP contribution in [0.2, 0.25) is 0 Å². The van der Waals surface area contributed by atoms with Crippen LogP contribution < -0.4 is 10.1 Å². The second kappa shape index (κ2) is 12.0. The predicted octanol–water partition coefficient (Wildman–Crippen LogP) is 3.40. The van der Waals surface area contributed by atoms with E-state index in [1.54, 1.807) is 0 Å². The van der Waals surface area contributed by atoms with E-state index in [0.29, 0.717) is 12.6 Å². The number of nitrogens with one attached hydrogen (secondary N) is 1. The molecule has 0 aliphatic carbocycles. The summed E-state index contributed by atoms with van der Waals surface area (Å²) < 4.78 is 5.76. The fourth-order valence-electron chi connectivity index (χ4n) is 3.71. The Balaban J connectivity index is 1.88. The minimum Gasteiger partial charge on any atom is -0.494 e. The van der Waals surface area contributed by atoms with Crippen molar-refractivity contribution in [3.8, 4) is 5.75 Å². The van der Waals surface area contributed by atoms with Gasteiger partial charge in [-0.15, -0.1) is 0 Å². The SMILES string of the molecule is CCCN(CC)C[C@@H]1CCCN1C(=O)c1ccc(OCCCNCC)cc1. The second-order valence-corrected chi connectivity index (χ2v) is 7.27. The zero-order valence-corrected chi connectivity index (χ0v) is 17.4. The van der Waals surface area contributed by atoms with Gasteiger partial charge in [-0.3, -0.25) is 4.79 Å². The molecule has 27 heavy (non-hydrogen) atoms. The van der Waals surface area contributed by atoms with Crippen LogP contribution in [0.25, 0.3) is 0 Å². The summed E-state index contributed by atoms with van der Waals surface area (Å²) in [5.74, 6) is 0.991. The molecule has 0 saturated carbocycles. The second-order valence-electron chi connectivity index (χ2n) is 7.27. The van der Waals surface area contributed by atoms with E-state index < -0.39 is 0 Å². The number of likely N-dealkylation sites (N-methyl/N-ethyl adjacent to an activating group) is 1. The van der Waals surface area contributed by atoms with Gasteiger partial charge in [-0.2, -0.15) is 0 Å². The molecule has 1 aromatic carbocycles. The van der Waals surface area contributed by atoms with Crippen molar-refractivity contribution in [2.24, 2.45) is 0 Å². The lowest BCUT2D eigenvalue weighted by Gasteiger charge is -2.30. The third-order valence-corrected chi connectivity index (χ3v) is 5.21. The molecule has 1 N–H and O–H groups in total. The first-order chi connectivity index (χ1) is 13.2. The van der Waals surface area contributed by atoms with Gasteiger partial charge in [0.15, 0.2) is 0 Å². The van der Waals surface area contributed by atoms with Crippen LogP contribution in [0.4, 0.5) is 0 Å². The van der Waals surface area contributed by atoms with E-state index in [1.165, 1.54) is 0 Å². The molecule has 5 nitrogen and oxygen atoms in total. The number of benzene rings is 1. The monoisotopic (exact) mass is 375 g/mol. The molecule has 2 rings (SSSR count). The summed E-state index contributed by atoms with van der Waals surface area (Å²) in [5.41, 5.74) is 0.764. The number of ether oxygens (including phenoxy) is 1. The van der Waals surface area contributed by atoms with Gasteiger partial charge in [0, 0.05) is 24.7 Å². The highest BCUT2D eigenvalue weighted by molar-refractivity contribution is 5.94. The Hall–Kier alpha value is -1.59. The summed E-state index contributed by atoms with van der Waals surface area (Å²) in [7, 11) is 0. The number of carbonyl (C=O) groups excluding carboxylic acids is 1. The van der Waals surface area contributed by atoms with Crippen LogP contribution in [0.15, 0.2) is 24.3 Å². The van der Waals surface area contributed by atoms with Crippen LogP contribution in [0.3, 0.4) is 0 Å². The van der Waals surface area contributed by atoms with Gasteiger partial charge < -0.3 is 19.9 Å². The summed E-state index contributed by atoms with van der Waals surface area (Å²) in [6.45, 7) is 13.2. The third-order valence-electron chi connectivity index (χ3n) is 5.21. The molecule has 1 amide bonds. The molecule has 1 fully saturated rings. The molecule has 0 aromatic heterocycles. The summed E-state index contributed by atoms with van der Waals surface area (Å²) in [6, 6.07) is 7.98. The predicted molar refractivity (Wildman–Crippen MR) is 112 cm³/mol. The highest BCUT2D eigenvalue weighted by Gasteiger charge is 2.30. The van der Waals surface area contributed by atoms with Crippen LogP contribution in [-0.4, -0.2) is 67.6 Å². The van der Waals surface area contributed by atoms with Crippen molar-refractivity contribution >= 4 is 5.91 Å². The molecular weight excluding hydrogens is 338 g/mol. The molecule has 0 unspecified atom stereocenters. The lowest BCUT2D eigenvalue weighted by molar-refractivity contribution is 0.0702. The van der Waals surface area contributed by atoms with E-state index in [4.69, 9.17) is 4.74 Å². The third kappa shape index (κ3) is 6.82. The maximum absolute atomic E-state index is 13.0. The van der Waals surface area contributed by atoms with Gasteiger partial charge in [-0.1, -0.05) is 20.8 Å². The van der Waals surface area contributed by atoms with E-state index in [2.05, 4.69) is 35.9 Å². The van der Waals surface area contributed by atoms with Crippen LogP contribution in [0.5, 0.6) is 5.75 Å². The molecule has 0 radical (unpaired) electrons. The molecule has 0 bridgehead atoms. The van der Waals surface area contributed by atoms with Gasteiger partial charge in [-0.25, -0.2) is 0 Å². The van der Waals surface area contributed by atoms with Gasteiger partial charge in [-0.05, 0) is 76.1 Å². The van der Waals surface area contributed by atoms with E-state index >= 15 is 0 Å². The molecule has 0 spiro atoms. The zero-order chi connectivity index (χ0) is 19.5. The zero-order valence-electron chi connectivity index (χ0n) is 17.4. The Morgan fingerprint density at radius 3 is 2.70 bits per heavy atom. The van der Waals surface area contributed by atoms with Crippen molar-refractivity contribution in [3.05, 3.63) is 29.8 Å². The molecular formula is C22H37N3O2. The molecule has 1 atom stereocenters. The number of carbonyl (C=O) groups is 1. The topological polar surface area (TPSA) is 44.8 Å². The first-order valence-electron chi connectivity index (χ1n) is 10.7. The Kier molecular flexibility index (Phi) is 9.64. The fraction of sp³-hybridized carbons (Fsp3) is 0.682. The van der Waals surface area contributed by atoms with Crippen LogP contribution in [0.1, 0.15) is 56.8 Å². The van der Waals surface area contributed by atoms with Crippen LogP contribution >= 0.6 is 0 Å². The van der Waals surface area contributed by atoms with E-state index in [9.17, 15) is 4.79 Å². The Morgan fingerprint density at radius 2 is 2.04 bits per heavy atom. The fourth-order valence-corrected chi connectivity index (χ4v) is 3.71. The van der Waals surface area contributed by atoms with Gasteiger partial charge in [0.05, 0.1) is 6.61 Å². The average molecular weight is 376 g/mol. The number of hydrogen-bond donors (Lipinski definition) is 1. The molecule has 5 heteroatoms. The largest absolute Gasteiger partial charge is 0.494 e. The van der Waals surface area contributed by atoms with Crippen molar-refractivity contribution < 1.29 is 9.53 Å². The first kappa shape index (κ1) is 21.7. The van der Waals surface area contributed by atoms with E-state index in [-0.39, 0.29) is 5.91 Å². The van der Waals surface area contributed by atoms with Gasteiger partial charge in [0.25, 0.3) is 5.91 Å². The molecule has 1 heterocycles. The van der Waals surface area contributed by atoms with Crippen molar-refractivity contribution in [1.29, 1.82) is 0 Å². The van der Waals surface area contributed by atoms with Gasteiger partial charge >= 0.3 is 0 Å². The summed E-state index contributed by atoms with van der Waals surface area (Å²) in [5, 5.41) is 3.29. The summed E-state index contributed by atoms with van der Waals surface area (Å²) in [6.07, 6.45) is 4.35. The van der Waals surface area contributed by atoms with Crippen molar-refractivity contribution in [2.75, 3.05) is 45.9 Å². The quantitative estimate of drug-likeness (QED) is 0.569. The number of likely N-dealkylation sites (tertiary alicyclic amines) is 1. The average Bonchev–Trinajstić information content (AvgIpc) is 3.15. The van der Waals surface area contributed by atoms with Crippen LogP contribution in [-0.2, 0) is 0 Å². The van der Waals surface area contributed by atoms with E-state index in [0.717, 1.165) is 76.3 Å². The number of nitrogens with zero attached hydrogens (tertiary/aromatic N) is 2. The minimum atomic E-state index is 0.156. The lowest BCUT2D eigenvalue weighted by Crippen LogP contribution is -2.43. The standard InChI is InChI=1S/C22H37N3O2/c1-4-15-24(6-3)18-20-9-7-16-25(20)22(26)19-10-12-21(13-11-19)27-17-8-14-23-5-2/h10-13,20,23H,4-9,14-18H2,1-3H3/t20-/m0/s1. The van der Waals surface area contributed by atoms with Crippen molar-refractivity contribution in [2.45, 2.75) is 52.5 Å². The molecule has 1 aliphatic rings. The van der Waals surface area contributed by atoms with Gasteiger partial charge in [0.2, 0.25) is 0 Å². The minimum absolute atomic E-state index is 0.156. The normalized spacial score (nSPS) is 16.9. The molecule has 1 aliphatic heterocycles. The highest BCUT2D eigenvalue weighted by Crippen LogP contribution is 2.22. The van der Waals surface area contributed by atoms with E-state index in [1.807, 2.05) is 24.3 Å². The first-order valence-corrected chi connectivity index (χ1v) is 10.7. The number of rotatable bonds is 12. The Morgan fingerprint density at radius 1 is 1.26 bits per heavy atom. The number of amides is 1. The van der Waals surface area contributed by atoms with Crippen LogP contribution in [0, 0.1) is 0 Å². The van der Waals surface area contributed by atoms with Gasteiger partial charge in [0.1, 0.15) is 5.75 Å². The van der Waals surface area contributed by atoms with Crippen molar-refractivity contribution in [3.63, 3.8) is 0 Å². The maximum atomic E-state index is 13.0.